The lowest BCUT2D eigenvalue weighted by Gasteiger charge is -2.21. The van der Waals surface area contributed by atoms with Crippen LogP contribution in [0.2, 0.25) is 0 Å². The zero-order valence-electron chi connectivity index (χ0n) is 21.8. The number of rotatable bonds is 11. The molecule has 0 fully saturated rings. The molecule has 194 valence electrons. The van der Waals surface area contributed by atoms with Gasteiger partial charge in [-0.3, -0.25) is 9.69 Å². The lowest BCUT2D eigenvalue weighted by molar-refractivity contribution is 0.0779. The fraction of sp³-hybridized carbons (Fsp3) is 0.226. The second-order valence-electron chi connectivity index (χ2n) is 9.44. The number of hydrogen-bond donors (Lipinski definition) is 1. The van der Waals surface area contributed by atoms with Crippen molar-refractivity contribution in [3.05, 3.63) is 120 Å². The smallest absolute Gasteiger partial charge is 0.275 e. The summed E-state index contributed by atoms with van der Waals surface area (Å²) in [4.78, 5) is 24.8. The maximum atomic E-state index is 13.0. The van der Waals surface area contributed by atoms with Gasteiger partial charge in [-0.2, -0.15) is 0 Å². The van der Waals surface area contributed by atoms with E-state index in [1.807, 2.05) is 54.6 Å². The first kappa shape index (κ1) is 25.3. The van der Waals surface area contributed by atoms with Crippen LogP contribution in [0.25, 0.3) is 10.9 Å². The summed E-state index contributed by atoms with van der Waals surface area (Å²) in [6, 6.07) is 26.3. The lowest BCUT2D eigenvalue weighted by Crippen LogP contribution is -2.27. The summed E-state index contributed by atoms with van der Waals surface area (Å²) in [5, 5.41) is 1.24. The number of benzene rings is 3. The van der Waals surface area contributed by atoms with Gasteiger partial charge in [0.05, 0.1) is 13.7 Å². The van der Waals surface area contributed by atoms with Crippen molar-refractivity contribution < 1.29 is 13.9 Å². The van der Waals surface area contributed by atoms with Crippen LogP contribution >= 0.6 is 0 Å². The average Bonchev–Trinajstić information content (AvgIpc) is 3.59. The highest BCUT2D eigenvalue weighted by Gasteiger charge is 2.19. The summed E-state index contributed by atoms with van der Waals surface area (Å²) in [5.74, 6) is 1.18. The molecule has 0 aliphatic heterocycles. The van der Waals surface area contributed by atoms with Crippen molar-refractivity contribution in [2.24, 2.45) is 0 Å². The molecule has 7 heteroatoms. The molecule has 5 rings (SSSR count). The number of methoxy groups -OCH3 is 1. The van der Waals surface area contributed by atoms with Gasteiger partial charge in [0.25, 0.3) is 5.91 Å². The molecule has 0 spiro atoms. The van der Waals surface area contributed by atoms with Crippen molar-refractivity contribution in [2.45, 2.75) is 26.1 Å². The van der Waals surface area contributed by atoms with Gasteiger partial charge in [-0.1, -0.05) is 60.7 Å². The molecule has 0 radical (unpaired) electrons. The first-order chi connectivity index (χ1) is 18.6. The highest BCUT2D eigenvalue weighted by atomic mass is 16.5. The molecule has 1 N–H and O–H groups in total. The van der Waals surface area contributed by atoms with E-state index < -0.39 is 0 Å². The van der Waals surface area contributed by atoms with Gasteiger partial charge in [0, 0.05) is 43.8 Å². The minimum atomic E-state index is -0.165. The van der Waals surface area contributed by atoms with Crippen LogP contribution in [-0.2, 0) is 26.1 Å². The Bertz CT molecular complexity index is 1490. The van der Waals surface area contributed by atoms with E-state index in [9.17, 15) is 4.79 Å². The van der Waals surface area contributed by atoms with E-state index in [1.165, 1.54) is 17.2 Å². The molecule has 3 aromatic carbocycles. The standard InChI is InChI=1S/C31H32N4O3/c1-34(19-23-9-4-3-5-10-23)31(36)29-22-38-30(33-29)21-35(20-24-11-8-12-26(17-24)37-2)16-15-25-18-32-28-14-7-6-13-27(25)28/h3-14,17-18,22,32H,15-16,19-21H2,1-2H3. The Hall–Kier alpha value is -4.36. The van der Waals surface area contributed by atoms with Crippen LogP contribution in [0.4, 0.5) is 0 Å². The van der Waals surface area contributed by atoms with Crippen LogP contribution in [0.1, 0.15) is 33.1 Å². The van der Waals surface area contributed by atoms with Crippen molar-refractivity contribution in [1.82, 2.24) is 19.8 Å². The van der Waals surface area contributed by atoms with Gasteiger partial charge in [0.1, 0.15) is 12.0 Å². The minimum Gasteiger partial charge on any atom is -0.497 e. The maximum absolute atomic E-state index is 13.0. The summed E-state index contributed by atoms with van der Waals surface area (Å²) < 4.78 is 11.2. The highest BCUT2D eigenvalue weighted by molar-refractivity contribution is 5.91. The number of fused-ring (bicyclic) bond motifs is 1. The molecule has 0 unspecified atom stereocenters. The summed E-state index contributed by atoms with van der Waals surface area (Å²) >= 11 is 0. The minimum absolute atomic E-state index is 0.165. The Morgan fingerprint density at radius 3 is 2.58 bits per heavy atom. The van der Waals surface area contributed by atoms with E-state index in [4.69, 9.17) is 9.15 Å². The maximum Gasteiger partial charge on any atom is 0.275 e. The summed E-state index contributed by atoms with van der Waals surface area (Å²) in [6.45, 7) is 2.47. The lowest BCUT2D eigenvalue weighted by atomic mass is 10.1. The summed E-state index contributed by atoms with van der Waals surface area (Å²) in [6.07, 6.45) is 4.40. The van der Waals surface area contributed by atoms with E-state index in [0.29, 0.717) is 31.2 Å². The SMILES string of the molecule is COc1cccc(CN(CCc2c[nH]c3ccccc23)Cc2nc(C(=O)N(C)Cc3ccccc3)co2)c1. The zero-order valence-corrected chi connectivity index (χ0v) is 21.8. The van der Waals surface area contributed by atoms with Crippen LogP contribution in [0.3, 0.4) is 0 Å². The van der Waals surface area contributed by atoms with Crippen LogP contribution in [0.15, 0.2) is 95.7 Å². The molecule has 7 nitrogen and oxygen atoms in total. The molecular weight excluding hydrogens is 476 g/mol. The van der Waals surface area contributed by atoms with E-state index in [2.05, 4.69) is 45.3 Å². The van der Waals surface area contributed by atoms with Gasteiger partial charge in [-0.15, -0.1) is 0 Å². The summed E-state index contributed by atoms with van der Waals surface area (Å²) in [5.41, 5.74) is 4.92. The third-order valence-electron chi connectivity index (χ3n) is 6.65. The molecule has 0 aliphatic rings. The second kappa shape index (κ2) is 11.8. The van der Waals surface area contributed by atoms with Crippen molar-refractivity contribution in [1.29, 1.82) is 0 Å². The zero-order chi connectivity index (χ0) is 26.3. The van der Waals surface area contributed by atoms with Gasteiger partial charge in [0.15, 0.2) is 5.69 Å². The van der Waals surface area contributed by atoms with E-state index >= 15 is 0 Å². The molecule has 0 aliphatic carbocycles. The third kappa shape index (κ3) is 6.12. The number of aromatic nitrogens is 2. The Morgan fingerprint density at radius 1 is 0.947 bits per heavy atom. The molecule has 38 heavy (non-hydrogen) atoms. The second-order valence-corrected chi connectivity index (χ2v) is 9.44. The number of aromatic amines is 1. The topological polar surface area (TPSA) is 74.6 Å². The molecule has 5 aromatic rings. The van der Waals surface area contributed by atoms with Gasteiger partial charge in [-0.05, 0) is 41.3 Å². The van der Waals surface area contributed by atoms with Crippen molar-refractivity contribution >= 4 is 16.8 Å². The largest absolute Gasteiger partial charge is 0.497 e. The number of carbonyl (C=O) groups is 1. The number of carbonyl (C=O) groups excluding carboxylic acids is 1. The van der Waals surface area contributed by atoms with E-state index in [1.54, 1.807) is 19.1 Å². The number of H-pyrrole nitrogens is 1. The quantitative estimate of drug-likeness (QED) is 0.248. The molecule has 0 atom stereocenters. The molecular formula is C31H32N4O3. The van der Waals surface area contributed by atoms with E-state index in [0.717, 1.165) is 35.4 Å². The predicted octanol–water partition coefficient (Wildman–Crippen LogP) is 5.68. The molecule has 0 saturated heterocycles. The molecule has 1 amide bonds. The Kier molecular flexibility index (Phi) is 7.85. The molecule has 0 bridgehead atoms. The number of hydrogen-bond acceptors (Lipinski definition) is 5. The number of amides is 1. The predicted molar refractivity (Wildman–Crippen MR) is 148 cm³/mol. The van der Waals surface area contributed by atoms with Crippen molar-refractivity contribution in [2.75, 3.05) is 20.7 Å². The first-order valence-corrected chi connectivity index (χ1v) is 12.7. The normalized spacial score (nSPS) is 11.2. The van der Waals surface area contributed by atoms with Crippen LogP contribution in [0, 0.1) is 0 Å². The molecule has 0 saturated carbocycles. The van der Waals surface area contributed by atoms with Crippen LogP contribution in [-0.4, -0.2) is 46.4 Å². The first-order valence-electron chi connectivity index (χ1n) is 12.7. The monoisotopic (exact) mass is 508 g/mol. The number of para-hydroxylation sites is 1. The third-order valence-corrected chi connectivity index (χ3v) is 6.65. The Labute approximate surface area is 222 Å². The fourth-order valence-electron chi connectivity index (χ4n) is 4.66. The number of nitrogens with one attached hydrogen (secondary N) is 1. The number of ether oxygens (including phenoxy) is 1. The van der Waals surface area contributed by atoms with Crippen molar-refractivity contribution in [3.63, 3.8) is 0 Å². The fourth-order valence-corrected chi connectivity index (χ4v) is 4.66. The molecule has 2 aromatic heterocycles. The van der Waals surface area contributed by atoms with Gasteiger partial charge in [0.2, 0.25) is 5.89 Å². The average molecular weight is 509 g/mol. The van der Waals surface area contributed by atoms with Gasteiger partial charge >= 0.3 is 0 Å². The van der Waals surface area contributed by atoms with Crippen LogP contribution in [0.5, 0.6) is 5.75 Å². The van der Waals surface area contributed by atoms with Gasteiger partial charge in [-0.25, -0.2) is 4.98 Å². The molecule has 2 heterocycles. The van der Waals surface area contributed by atoms with E-state index in [-0.39, 0.29) is 5.91 Å². The number of oxazole rings is 1. The Balaban J connectivity index is 1.30. The van der Waals surface area contributed by atoms with Gasteiger partial charge < -0.3 is 19.0 Å². The highest BCUT2D eigenvalue weighted by Crippen LogP contribution is 2.21. The van der Waals surface area contributed by atoms with Crippen LogP contribution < -0.4 is 4.74 Å². The summed E-state index contributed by atoms with van der Waals surface area (Å²) in [7, 11) is 3.45. The Morgan fingerprint density at radius 2 is 1.74 bits per heavy atom. The van der Waals surface area contributed by atoms with Crippen molar-refractivity contribution in [3.8, 4) is 5.75 Å². The number of nitrogens with zero attached hydrogens (tertiary/aromatic N) is 3.